The van der Waals surface area contributed by atoms with E-state index in [0.717, 1.165) is 19.4 Å². The van der Waals surface area contributed by atoms with Crippen LogP contribution < -0.4 is 5.32 Å². The van der Waals surface area contributed by atoms with Crippen molar-refractivity contribution < 1.29 is 0 Å². The number of likely N-dealkylation sites (N-methyl/N-ethyl adjacent to an activating group) is 1. The molecule has 0 aliphatic heterocycles. The van der Waals surface area contributed by atoms with Crippen LogP contribution in [0, 0.1) is 0 Å². The summed E-state index contributed by atoms with van der Waals surface area (Å²) in [5, 5.41) is 3.64. The second-order valence-corrected chi connectivity index (χ2v) is 6.07. The number of nitrogens with one attached hydrogen (secondary N) is 1. The zero-order chi connectivity index (χ0) is 15.1. The van der Waals surface area contributed by atoms with Gasteiger partial charge in [-0.25, -0.2) is 0 Å². The molecule has 1 N–H and O–H groups in total. The van der Waals surface area contributed by atoms with Gasteiger partial charge in [-0.1, -0.05) is 56.3 Å². The fraction of sp³-hybridized carbons (Fsp3) is 0.368. The normalized spacial score (nSPS) is 12.3. The zero-order valence-electron chi connectivity index (χ0n) is 13.2. The summed E-state index contributed by atoms with van der Waals surface area (Å²) in [5.74, 6) is 0. The van der Waals surface area contributed by atoms with Gasteiger partial charge in [0.15, 0.2) is 0 Å². The van der Waals surface area contributed by atoms with E-state index >= 15 is 0 Å². The maximum Gasteiger partial charge on any atom is 0.0371 e. The summed E-state index contributed by atoms with van der Waals surface area (Å²) in [7, 11) is 0. The molecule has 0 aliphatic rings. The van der Waals surface area contributed by atoms with Crippen LogP contribution in [0.4, 0.5) is 0 Å². The minimum Gasteiger partial charge on any atom is -0.310 e. The quantitative estimate of drug-likeness (QED) is 0.732. The molecule has 1 unspecified atom stereocenters. The largest absolute Gasteiger partial charge is 0.310 e. The summed E-state index contributed by atoms with van der Waals surface area (Å²) in [5.41, 5.74) is 4.21. The molecule has 0 aliphatic carbocycles. The number of benzene rings is 2. The Labute approximate surface area is 133 Å². The first-order valence-electron chi connectivity index (χ1n) is 7.72. The van der Waals surface area contributed by atoms with Crippen LogP contribution in [-0.4, -0.2) is 12.8 Å². The molecular formula is C19H25NS. The van der Waals surface area contributed by atoms with Crippen molar-refractivity contribution in [2.45, 2.75) is 37.6 Å². The summed E-state index contributed by atoms with van der Waals surface area (Å²) in [6, 6.07) is 18.1. The molecule has 2 aromatic carbocycles. The first-order chi connectivity index (χ1) is 10.3. The first-order valence-corrected chi connectivity index (χ1v) is 8.95. The smallest absolute Gasteiger partial charge is 0.0371 e. The first kappa shape index (κ1) is 16.1. The van der Waals surface area contributed by atoms with Crippen LogP contribution in [0.3, 0.4) is 0 Å². The molecule has 2 aromatic rings. The Balaban J connectivity index is 2.21. The van der Waals surface area contributed by atoms with Gasteiger partial charge in [-0.15, -0.1) is 11.8 Å². The second kappa shape index (κ2) is 8.26. The Bertz CT molecular complexity index is 548. The lowest BCUT2D eigenvalue weighted by Gasteiger charge is -2.21. The molecule has 2 heteroatoms. The van der Waals surface area contributed by atoms with E-state index in [1.807, 2.05) is 11.8 Å². The van der Waals surface area contributed by atoms with Crippen LogP contribution in [0.2, 0.25) is 0 Å². The lowest BCUT2D eigenvalue weighted by molar-refractivity contribution is 0.542. The van der Waals surface area contributed by atoms with E-state index in [1.165, 1.54) is 21.6 Å². The molecule has 21 heavy (non-hydrogen) atoms. The van der Waals surface area contributed by atoms with E-state index in [1.54, 1.807) is 0 Å². The van der Waals surface area contributed by atoms with Gasteiger partial charge in [-0.2, -0.15) is 0 Å². The molecular weight excluding hydrogens is 274 g/mol. The van der Waals surface area contributed by atoms with Gasteiger partial charge in [-0.3, -0.25) is 0 Å². The summed E-state index contributed by atoms with van der Waals surface area (Å²) >= 11 is 1.83. The number of hydrogen-bond donors (Lipinski definition) is 1. The summed E-state index contributed by atoms with van der Waals surface area (Å²) < 4.78 is 0. The molecule has 0 radical (unpaired) electrons. The standard InChI is InChI=1S/C19H25NS/c1-4-15-10-12-16(13-11-15)14-18(20-5-2)17-8-6-7-9-19(17)21-3/h6-13,18,20H,4-5,14H2,1-3H3. The molecule has 0 fully saturated rings. The van der Waals surface area contributed by atoms with Crippen molar-refractivity contribution in [3.8, 4) is 0 Å². The van der Waals surface area contributed by atoms with Crippen molar-refractivity contribution in [1.29, 1.82) is 0 Å². The minimum absolute atomic E-state index is 0.381. The highest BCUT2D eigenvalue weighted by atomic mass is 32.2. The third kappa shape index (κ3) is 4.36. The van der Waals surface area contributed by atoms with Gasteiger partial charge in [-0.05, 0) is 48.4 Å². The van der Waals surface area contributed by atoms with Crippen LogP contribution in [0.5, 0.6) is 0 Å². The van der Waals surface area contributed by atoms with Crippen LogP contribution in [0.1, 0.15) is 36.6 Å². The van der Waals surface area contributed by atoms with E-state index in [2.05, 4.69) is 74.0 Å². The summed E-state index contributed by atoms with van der Waals surface area (Å²) in [6.45, 7) is 5.36. The second-order valence-electron chi connectivity index (χ2n) is 5.23. The summed E-state index contributed by atoms with van der Waals surface area (Å²) in [4.78, 5) is 1.37. The van der Waals surface area contributed by atoms with Crippen molar-refractivity contribution >= 4 is 11.8 Å². The van der Waals surface area contributed by atoms with Crippen molar-refractivity contribution in [3.05, 3.63) is 65.2 Å². The molecule has 0 saturated carbocycles. The van der Waals surface area contributed by atoms with Crippen molar-refractivity contribution in [3.63, 3.8) is 0 Å². The molecule has 1 atom stereocenters. The minimum atomic E-state index is 0.381. The topological polar surface area (TPSA) is 12.0 Å². The Morgan fingerprint density at radius 3 is 2.24 bits per heavy atom. The number of thioether (sulfide) groups is 1. The highest BCUT2D eigenvalue weighted by molar-refractivity contribution is 7.98. The van der Waals surface area contributed by atoms with Gasteiger partial charge in [0.1, 0.15) is 0 Å². The van der Waals surface area contributed by atoms with Gasteiger partial charge < -0.3 is 5.32 Å². The van der Waals surface area contributed by atoms with Crippen molar-refractivity contribution in [1.82, 2.24) is 5.32 Å². The van der Waals surface area contributed by atoms with E-state index in [-0.39, 0.29) is 0 Å². The van der Waals surface area contributed by atoms with Crippen LogP contribution in [0.25, 0.3) is 0 Å². The molecule has 0 spiro atoms. The fourth-order valence-corrected chi connectivity index (χ4v) is 3.30. The Morgan fingerprint density at radius 1 is 0.952 bits per heavy atom. The lowest BCUT2D eigenvalue weighted by atomic mass is 9.97. The highest BCUT2D eigenvalue weighted by Crippen LogP contribution is 2.28. The average Bonchev–Trinajstić information content (AvgIpc) is 2.55. The molecule has 0 aromatic heterocycles. The summed E-state index contributed by atoms with van der Waals surface area (Å²) in [6.07, 6.45) is 4.29. The predicted molar refractivity (Wildman–Crippen MR) is 94.2 cm³/mol. The molecule has 2 rings (SSSR count). The SMILES string of the molecule is CCNC(Cc1ccc(CC)cc1)c1ccccc1SC. The molecule has 0 saturated heterocycles. The van der Waals surface area contributed by atoms with E-state index in [4.69, 9.17) is 0 Å². The van der Waals surface area contributed by atoms with Gasteiger partial charge in [0.2, 0.25) is 0 Å². The van der Waals surface area contributed by atoms with E-state index in [0.29, 0.717) is 6.04 Å². The molecule has 0 bridgehead atoms. The fourth-order valence-electron chi connectivity index (χ4n) is 2.64. The van der Waals surface area contributed by atoms with E-state index < -0.39 is 0 Å². The molecule has 0 amide bonds. The van der Waals surface area contributed by atoms with E-state index in [9.17, 15) is 0 Å². The number of hydrogen-bond acceptors (Lipinski definition) is 2. The molecule has 0 heterocycles. The Kier molecular flexibility index (Phi) is 6.34. The van der Waals surface area contributed by atoms with Gasteiger partial charge in [0.05, 0.1) is 0 Å². The predicted octanol–water partition coefficient (Wildman–Crippen LogP) is 4.86. The number of aryl methyl sites for hydroxylation is 1. The van der Waals surface area contributed by atoms with Gasteiger partial charge in [0, 0.05) is 10.9 Å². The van der Waals surface area contributed by atoms with Crippen LogP contribution in [0.15, 0.2) is 53.4 Å². The third-order valence-electron chi connectivity index (χ3n) is 3.84. The highest BCUT2D eigenvalue weighted by Gasteiger charge is 2.14. The van der Waals surface area contributed by atoms with Crippen LogP contribution >= 0.6 is 11.8 Å². The molecule has 112 valence electrons. The Hall–Kier alpha value is -1.25. The van der Waals surface area contributed by atoms with Gasteiger partial charge in [0.25, 0.3) is 0 Å². The maximum absolute atomic E-state index is 3.64. The van der Waals surface area contributed by atoms with Gasteiger partial charge >= 0.3 is 0 Å². The van der Waals surface area contributed by atoms with Crippen molar-refractivity contribution in [2.24, 2.45) is 0 Å². The Morgan fingerprint density at radius 2 is 1.62 bits per heavy atom. The third-order valence-corrected chi connectivity index (χ3v) is 4.65. The average molecular weight is 299 g/mol. The monoisotopic (exact) mass is 299 g/mol. The molecule has 1 nitrogen and oxygen atoms in total. The number of rotatable bonds is 7. The zero-order valence-corrected chi connectivity index (χ0v) is 14.0. The maximum atomic E-state index is 3.64. The van der Waals surface area contributed by atoms with Crippen LogP contribution in [-0.2, 0) is 12.8 Å². The van der Waals surface area contributed by atoms with Crippen molar-refractivity contribution in [2.75, 3.05) is 12.8 Å². The lowest BCUT2D eigenvalue weighted by Crippen LogP contribution is -2.23.